The van der Waals surface area contributed by atoms with Gasteiger partial charge in [-0.3, -0.25) is 4.90 Å². The zero-order chi connectivity index (χ0) is 18.4. The second kappa shape index (κ2) is 5.73. The topological polar surface area (TPSA) is 36.0 Å². The van der Waals surface area contributed by atoms with Crippen molar-refractivity contribution in [1.29, 1.82) is 0 Å². The van der Waals surface area contributed by atoms with E-state index in [0.717, 1.165) is 24.2 Å². The molecule has 0 radical (unpaired) electrons. The molecule has 2 heterocycles. The lowest BCUT2D eigenvalue weighted by atomic mass is 9.44. The number of rotatable bonds is 1. The van der Waals surface area contributed by atoms with Gasteiger partial charge in [0, 0.05) is 12.5 Å². The lowest BCUT2D eigenvalue weighted by molar-refractivity contribution is -0.157. The number of piperidine rings is 1. The molecule has 0 bridgehead atoms. The maximum atomic E-state index is 11.0. The van der Waals surface area contributed by atoms with Crippen LogP contribution in [0.2, 0.25) is 0 Å². The molecule has 4 aliphatic carbocycles. The van der Waals surface area contributed by atoms with E-state index in [9.17, 15) is 5.11 Å². The van der Waals surface area contributed by atoms with E-state index in [4.69, 9.17) is 4.74 Å². The largest absolute Gasteiger partial charge is 0.363 e. The van der Waals surface area contributed by atoms with Crippen LogP contribution in [0, 0.1) is 34.5 Å². The summed E-state index contributed by atoms with van der Waals surface area (Å²) in [6, 6.07) is 0.458. The van der Waals surface area contributed by atoms with Crippen molar-refractivity contribution in [2.24, 2.45) is 34.5 Å². The Balaban J connectivity index is 1.38. The third-order valence-electron chi connectivity index (χ3n) is 10.7. The van der Waals surface area contributed by atoms with Crippen LogP contribution in [-0.2, 0) is 4.74 Å². The number of ether oxygens (including phenoxy) is 1. The highest BCUT2D eigenvalue weighted by atomic mass is 16.7. The van der Waals surface area contributed by atoms with Crippen molar-refractivity contribution in [1.82, 2.24) is 4.90 Å². The summed E-state index contributed by atoms with van der Waals surface area (Å²) in [5, 5.41) is 11.0. The monoisotopic (exact) mass is 373 g/mol. The highest BCUT2D eigenvalue weighted by molar-refractivity contribution is 5.20. The highest BCUT2D eigenvalue weighted by Gasteiger charge is 2.73. The molecule has 0 aromatic carbocycles. The molecular formula is C24H39NO2. The van der Waals surface area contributed by atoms with E-state index in [0.29, 0.717) is 22.8 Å². The van der Waals surface area contributed by atoms with Crippen molar-refractivity contribution >= 4 is 0 Å². The lowest BCUT2D eigenvalue weighted by Crippen LogP contribution is -2.65. The Labute approximate surface area is 165 Å². The van der Waals surface area contributed by atoms with Gasteiger partial charge in [0.1, 0.15) is 6.10 Å². The molecular weight excluding hydrogens is 334 g/mol. The second-order valence-electron chi connectivity index (χ2n) is 11.7. The summed E-state index contributed by atoms with van der Waals surface area (Å²) in [6.45, 7) is 7.70. The number of likely N-dealkylation sites (tertiary alicyclic amines) is 1. The van der Waals surface area contributed by atoms with E-state index in [1.165, 1.54) is 77.3 Å². The number of nitrogens with zero attached hydrogens (tertiary/aromatic N) is 1. The van der Waals surface area contributed by atoms with Crippen molar-refractivity contribution in [2.75, 3.05) is 13.1 Å². The summed E-state index contributed by atoms with van der Waals surface area (Å²) in [7, 11) is 0. The first-order chi connectivity index (χ1) is 13.0. The molecule has 0 spiro atoms. The maximum absolute atomic E-state index is 11.0. The Kier molecular flexibility index (Phi) is 3.76. The molecule has 6 rings (SSSR count). The minimum atomic E-state index is -0.782. The van der Waals surface area contributed by atoms with Crippen molar-refractivity contribution in [3.05, 3.63) is 0 Å². The lowest BCUT2D eigenvalue weighted by Gasteiger charge is -2.63. The molecule has 3 heteroatoms. The Bertz CT molecular complexity index is 618. The first kappa shape index (κ1) is 17.7. The van der Waals surface area contributed by atoms with Crippen LogP contribution in [-0.4, -0.2) is 41.0 Å². The molecule has 6 fully saturated rings. The Morgan fingerprint density at radius 2 is 1.70 bits per heavy atom. The molecule has 6 aliphatic rings. The number of fused-ring (bicyclic) bond motifs is 6. The van der Waals surface area contributed by atoms with Crippen LogP contribution in [0.1, 0.15) is 84.5 Å². The molecule has 1 N–H and O–H groups in total. The van der Waals surface area contributed by atoms with E-state index in [1.54, 1.807) is 0 Å². The molecule has 152 valence electrons. The average molecular weight is 374 g/mol. The molecule has 2 saturated heterocycles. The molecule has 9 atom stereocenters. The predicted octanol–water partition coefficient (Wildman–Crippen LogP) is 4.58. The first-order valence-corrected chi connectivity index (χ1v) is 12.1. The zero-order valence-electron chi connectivity index (χ0n) is 17.5. The van der Waals surface area contributed by atoms with Crippen LogP contribution in [0.15, 0.2) is 0 Å². The fourth-order valence-corrected chi connectivity index (χ4v) is 9.37. The molecule has 3 nitrogen and oxygen atoms in total. The Morgan fingerprint density at radius 3 is 2.52 bits per heavy atom. The number of epoxide rings is 1. The molecule has 0 amide bonds. The standard InChI is InChI=1S/C24H39NO2/c1-22-11-6-7-18(22)17-9-8-16-15-24(26)21(27-24)20(25-13-4-3-5-14-25)23(16,2)19(17)10-12-22/h16-21,26H,3-15H2,1-2H3/t16?,17?,18?,19?,20?,21?,22-,23-,24?/m0/s1. The van der Waals surface area contributed by atoms with Gasteiger partial charge in [-0.25, -0.2) is 0 Å². The van der Waals surface area contributed by atoms with Gasteiger partial charge in [0.25, 0.3) is 0 Å². The SMILES string of the molecule is C[C@@]12CCCC1C1CCC3CC4(O)OC4C(N4CCCCC4)[C@]3(C)C1CC2. The van der Waals surface area contributed by atoms with Gasteiger partial charge in [0.05, 0.1) is 0 Å². The minimum Gasteiger partial charge on any atom is -0.363 e. The van der Waals surface area contributed by atoms with E-state index in [2.05, 4.69) is 18.7 Å². The van der Waals surface area contributed by atoms with Crippen molar-refractivity contribution in [3.63, 3.8) is 0 Å². The summed E-state index contributed by atoms with van der Waals surface area (Å²) in [6.07, 6.45) is 15.1. The highest BCUT2D eigenvalue weighted by Crippen LogP contribution is 2.69. The molecule has 7 unspecified atom stereocenters. The van der Waals surface area contributed by atoms with Gasteiger partial charge in [-0.15, -0.1) is 0 Å². The van der Waals surface area contributed by atoms with Gasteiger partial charge < -0.3 is 9.84 Å². The normalized spacial score (nSPS) is 60.1. The smallest absolute Gasteiger partial charge is 0.194 e. The predicted molar refractivity (Wildman–Crippen MR) is 106 cm³/mol. The van der Waals surface area contributed by atoms with Crippen molar-refractivity contribution in [2.45, 2.75) is 102 Å². The van der Waals surface area contributed by atoms with Crippen molar-refractivity contribution < 1.29 is 9.84 Å². The van der Waals surface area contributed by atoms with Crippen molar-refractivity contribution in [3.8, 4) is 0 Å². The third kappa shape index (κ3) is 2.31. The van der Waals surface area contributed by atoms with Crippen LogP contribution in [0.4, 0.5) is 0 Å². The molecule has 4 saturated carbocycles. The number of hydrogen-bond acceptors (Lipinski definition) is 3. The maximum Gasteiger partial charge on any atom is 0.194 e. The quantitative estimate of drug-likeness (QED) is 0.683. The summed E-state index contributed by atoms with van der Waals surface area (Å²) in [5.74, 6) is 2.63. The fourth-order valence-electron chi connectivity index (χ4n) is 9.37. The summed E-state index contributed by atoms with van der Waals surface area (Å²) < 4.78 is 6.09. The van der Waals surface area contributed by atoms with E-state index < -0.39 is 5.79 Å². The number of hydrogen-bond donors (Lipinski definition) is 1. The zero-order valence-corrected chi connectivity index (χ0v) is 17.5. The van der Waals surface area contributed by atoms with Gasteiger partial charge in [-0.05, 0) is 99.0 Å². The molecule has 0 aromatic heterocycles. The molecule has 2 aliphatic heterocycles. The minimum absolute atomic E-state index is 0.0903. The van der Waals surface area contributed by atoms with E-state index in [1.807, 2.05) is 0 Å². The van der Waals surface area contributed by atoms with Crippen LogP contribution in [0.5, 0.6) is 0 Å². The Morgan fingerprint density at radius 1 is 0.889 bits per heavy atom. The van der Waals surface area contributed by atoms with Gasteiger partial charge in [-0.2, -0.15) is 0 Å². The van der Waals surface area contributed by atoms with Gasteiger partial charge in [-0.1, -0.05) is 26.7 Å². The van der Waals surface area contributed by atoms with Crippen LogP contribution in [0.25, 0.3) is 0 Å². The summed E-state index contributed by atoms with van der Waals surface area (Å²) >= 11 is 0. The van der Waals surface area contributed by atoms with Gasteiger partial charge in [0.15, 0.2) is 5.79 Å². The fraction of sp³-hybridized carbons (Fsp3) is 1.00. The molecule has 0 aromatic rings. The van der Waals surface area contributed by atoms with E-state index >= 15 is 0 Å². The van der Waals surface area contributed by atoms with Crippen LogP contribution >= 0.6 is 0 Å². The molecule has 27 heavy (non-hydrogen) atoms. The van der Waals surface area contributed by atoms with Gasteiger partial charge in [0.2, 0.25) is 0 Å². The number of aliphatic hydroxyl groups is 1. The first-order valence-electron chi connectivity index (χ1n) is 12.1. The summed E-state index contributed by atoms with van der Waals surface area (Å²) in [4.78, 5) is 2.77. The average Bonchev–Trinajstić information content (AvgIpc) is 3.14. The van der Waals surface area contributed by atoms with E-state index in [-0.39, 0.29) is 6.10 Å². The van der Waals surface area contributed by atoms with Crippen LogP contribution in [0.3, 0.4) is 0 Å². The second-order valence-corrected chi connectivity index (χ2v) is 11.7. The third-order valence-corrected chi connectivity index (χ3v) is 10.7. The summed E-state index contributed by atoms with van der Waals surface area (Å²) in [5.41, 5.74) is 0.980. The Hall–Kier alpha value is -0.120. The van der Waals surface area contributed by atoms with Gasteiger partial charge >= 0.3 is 0 Å². The van der Waals surface area contributed by atoms with Crippen LogP contribution < -0.4 is 0 Å².